The first-order valence-corrected chi connectivity index (χ1v) is 9.12. The number of anilines is 1. The average Bonchev–Trinajstić information content (AvgIpc) is 2.70. The smallest absolute Gasteiger partial charge is 0.241 e. The molecular formula is C22H21ClN2O2. The molecule has 5 heteroatoms. The van der Waals surface area contributed by atoms with Crippen LogP contribution in [0, 0.1) is 0 Å². The second-order valence-corrected chi connectivity index (χ2v) is 6.64. The molecule has 3 aromatic carbocycles. The van der Waals surface area contributed by atoms with Gasteiger partial charge in [-0.3, -0.25) is 4.79 Å². The number of carbonyl (C=O) groups excluding carboxylic acids is 1. The molecule has 3 rings (SSSR count). The lowest BCUT2D eigenvalue weighted by molar-refractivity contribution is -0.117. The molecule has 0 saturated carbocycles. The zero-order valence-corrected chi connectivity index (χ0v) is 15.5. The Hall–Kier alpha value is -2.82. The summed E-state index contributed by atoms with van der Waals surface area (Å²) in [5, 5.41) is 3.50. The third-order valence-electron chi connectivity index (χ3n) is 4.09. The van der Waals surface area contributed by atoms with Crippen LogP contribution in [0.2, 0.25) is 5.02 Å². The summed E-state index contributed by atoms with van der Waals surface area (Å²) >= 11 is 5.86. The first kappa shape index (κ1) is 19.0. The van der Waals surface area contributed by atoms with Crippen molar-refractivity contribution in [3.8, 4) is 11.5 Å². The molecule has 0 saturated heterocycles. The van der Waals surface area contributed by atoms with Crippen LogP contribution in [0.25, 0.3) is 0 Å². The van der Waals surface area contributed by atoms with Crippen molar-refractivity contribution in [1.29, 1.82) is 0 Å². The van der Waals surface area contributed by atoms with Crippen LogP contribution in [0.5, 0.6) is 11.5 Å². The van der Waals surface area contributed by atoms with E-state index in [9.17, 15) is 4.79 Å². The molecule has 3 aromatic rings. The first-order chi connectivity index (χ1) is 13.1. The molecule has 0 bridgehead atoms. The molecule has 138 valence electrons. The topological polar surface area (TPSA) is 64.4 Å². The van der Waals surface area contributed by atoms with Crippen LogP contribution in [0.3, 0.4) is 0 Å². The normalized spacial score (nSPS) is 11.6. The van der Waals surface area contributed by atoms with Gasteiger partial charge in [-0.2, -0.15) is 0 Å². The minimum atomic E-state index is -0.560. The number of amides is 1. The number of rotatable bonds is 7. The monoisotopic (exact) mass is 380 g/mol. The van der Waals surface area contributed by atoms with Gasteiger partial charge in [0.2, 0.25) is 5.91 Å². The van der Waals surface area contributed by atoms with Gasteiger partial charge in [-0.05, 0) is 66.9 Å². The maximum atomic E-state index is 12.3. The van der Waals surface area contributed by atoms with Gasteiger partial charge in [0.15, 0.2) is 0 Å². The summed E-state index contributed by atoms with van der Waals surface area (Å²) in [5.41, 5.74) is 7.86. The van der Waals surface area contributed by atoms with Gasteiger partial charge in [-0.1, -0.05) is 41.9 Å². The minimum Gasteiger partial charge on any atom is -0.457 e. The van der Waals surface area contributed by atoms with Gasteiger partial charge in [0, 0.05) is 10.7 Å². The number of hydrogen-bond donors (Lipinski definition) is 2. The number of ether oxygens (including phenoxy) is 1. The SMILES string of the molecule is N[C@@H](CCc1ccccc1)C(=O)Nc1ccc(Oc2ccc(Cl)cc2)cc1. The summed E-state index contributed by atoms with van der Waals surface area (Å²) in [5.74, 6) is 1.17. The van der Waals surface area contributed by atoms with Gasteiger partial charge in [0.05, 0.1) is 6.04 Å². The summed E-state index contributed by atoms with van der Waals surface area (Å²) in [6.07, 6.45) is 1.36. The van der Waals surface area contributed by atoms with Gasteiger partial charge in [-0.15, -0.1) is 0 Å². The van der Waals surface area contributed by atoms with Crippen LogP contribution in [0.4, 0.5) is 5.69 Å². The second-order valence-electron chi connectivity index (χ2n) is 6.20. The van der Waals surface area contributed by atoms with Gasteiger partial charge in [-0.25, -0.2) is 0 Å². The molecule has 0 fully saturated rings. The third-order valence-corrected chi connectivity index (χ3v) is 4.35. The average molecular weight is 381 g/mol. The summed E-state index contributed by atoms with van der Waals surface area (Å²) < 4.78 is 5.73. The minimum absolute atomic E-state index is 0.197. The van der Waals surface area contributed by atoms with Gasteiger partial charge in [0.25, 0.3) is 0 Å². The zero-order valence-electron chi connectivity index (χ0n) is 14.8. The Balaban J connectivity index is 1.51. The number of aryl methyl sites for hydroxylation is 1. The Morgan fingerprint density at radius 3 is 2.15 bits per heavy atom. The second kappa shape index (κ2) is 9.21. The Labute approximate surface area is 163 Å². The highest BCUT2D eigenvalue weighted by Crippen LogP contribution is 2.24. The van der Waals surface area contributed by atoms with Crippen LogP contribution in [-0.4, -0.2) is 11.9 Å². The molecule has 27 heavy (non-hydrogen) atoms. The van der Waals surface area contributed by atoms with E-state index in [0.29, 0.717) is 28.6 Å². The summed E-state index contributed by atoms with van der Waals surface area (Å²) in [6, 6.07) is 23.7. The highest BCUT2D eigenvalue weighted by Gasteiger charge is 2.13. The van der Waals surface area contributed by atoms with E-state index in [-0.39, 0.29) is 5.91 Å². The molecule has 0 unspecified atom stereocenters. The third kappa shape index (κ3) is 5.84. The lowest BCUT2D eigenvalue weighted by atomic mass is 10.1. The summed E-state index contributed by atoms with van der Waals surface area (Å²) in [4.78, 5) is 12.3. The van der Waals surface area contributed by atoms with Crippen LogP contribution < -0.4 is 15.8 Å². The molecule has 0 aromatic heterocycles. The number of halogens is 1. The first-order valence-electron chi connectivity index (χ1n) is 8.74. The fourth-order valence-corrected chi connectivity index (χ4v) is 2.70. The number of carbonyl (C=O) groups is 1. The largest absolute Gasteiger partial charge is 0.457 e. The number of benzene rings is 3. The van der Waals surface area contributed by atoms with Crippen molar-refractivity contribution < 1.29 is 9.53 Å². The van der Waals surface area contributed by atoms with E-state index < -0.39 is 6.04 Å². The number of hydrogen-bond acceptors (Lipinski definition) is 3. The molecule has 1 atom stereocenters. The van der Waals surface area contributed by atoms with E-state index in [0.717, 1.165) is 6.42 Å². The van der Waals surface area contributed by atoms with E-state index in [4.69, 9.17) is 22.1 Å². The van der Waals surface area contributed by atoms with Crippen LogP contribution in [-0.2, 0) is 11.2 Å². The van der Waals surface area contributed by atoms with Gasteiger partial charge >= 0.3 is 0 Å². The maximum Gasteiger partial charge on any atom is 0.241 e. The van der Waals surface area contributed by atoms with Crippen molar-refractivity contribution >= 4 is 23.2 Å². The molecule has 1 amide bonds. The summed E-state index contributed by atoms with van der Waals surface area (Å²) in [7, 11) is 0. The van der Waals surface area contributed by atoms with Gasteiger partial charge < -0.3 is 15.8 Å². The van der Waals surface area contributed by atoms with Crippen molar-refractivity contribution in [3.05, 3.63) is 89.4 Å². The molecule has 0 aliphatic carbocycles. The zero-order chi connectivity index (χ0) is 19.1. The Bertz CT molecular complexity index is 865. The van der Waals surface area contributed by atoms with E-state index >= 15 is 0 Å². The number of nitrogens with one attached hydrogen (secondary N) is 1. The number of nitrogens with two attached hydrogens (primary N) is 1. The Morgan fingerprint density at radius 1 is 0.926 bits per heavy atom. The fraction of sp³-hybridized carbons (Fsp3) is 0.136. The molecule has 0 radical (unpaired) electrons. The lowest BCUT2D eigenvalue weighted by Gasteiger charge is -2.13. The highest BCUT2D eigenvalue weighted by atomic mass is 35.5. The quantitative estimate of drug-likeness (QED) is 0.604. The fourth-order valence-electron chi connectivity index (χ4n) is 2.58. The van der Waals surface area contributed by atoms with Gasteiger partial charge in [0.1, 0.15) is 11.5 Å². The Morgan fingerprint density at radius 2 is 1.52 bits per heavy atom. The molecular weight excluding hydrogens is 360 g/mol. The Kier molecular flexibility index (Phi) is 6.47. The van der Waals surface area contributed by atoms with Crippen molar-refractivity contribution in [1.82, 2.24) is 0 Å². The molecule has 4 nitrogen and oxygen atoms in total. The van der Waals surface area contributed by atoms with Crippen LogP contribution in [0.15, 0.2) is 78.9 Å². The summed E-state index contributed by atoms with van der Waals surface area (Å²) in [6.45, 7) is 0. The van der Waals surface area contributed by atoms with Crippen molar-refractivity contribution in [2.24, 2.45) is 5.73 Å². The van der Waals surface area contributed by atoms with Crippen LogP contribution in [0.1, 0.15) is 12.0 Å². The molecule has 0 heterocycles. The van der Waals surface area contributed by atoms with E-state index in [1.54, 1.807) is 48.5 Å². The van der Waals surface area contributed by atoms with Crippen molar-refractivity contribution in [2.75, 3.05) is 5.32 Å². The highest BCUT2D eigenvalue weighted by molar-refractivity contribution is 6.30. The molecule has 0 aliphatic rings. The lowest BCUT2D eigenvalue weighted by Crippen LogP contribution is -2.36. The van der Waals surface area contributed by atoms with Crippen molar-refractivity contribution in [3.63, 3.8) is 0 Å². The predicted molar refractivity (Wildman–Crippen MR) is 109 cm³/mol. The maximum absolute atomic E-state index is 12.3. The molecule has 0 spiro atoms. The standard InChI is InChI=1S/C22H21ClN2O2/c23-17-7-11-19(12-8-17)27-20-13-9-18(10-14-20)25-22(26)21(24)15-6-16-4-2-1-3-5-16/h1-5,7-14,21H,6,15,24H2,(H,25,26)/t21-/m0/s1. The van der Waals surface area contributed by atoms with E-state index in [2.05, 4.69) is 5.32 Å². The van der Waals surface area contributed by atoms with E-state index in [1.165, 1.54) is 5.56 Å². The predicted octanol–water partition coefficient (Wildman–Crippen LogP) is 5.03. The molecule has 0 aliphatic heterocycles. The van der Waals surface area contributed by atoms with E-state index in [1.807, 2.05) is 30.3 Å². The molecule has 3 N–H and O–H groups in total. The van der Waals surface area contributed by atoms with Crippen LogP contribution >= 0.6 is 11.6 Å². The van der Waals surface area contributed by atoms with Crippen molar-refractivity contribution in [2.45, 2.75) is 18.9 Å².